The van der Waals surface area contributed by atoms with Crippen LogP contribution in [-0.2, 0) is 13.1 Å². The van der Waals surface area contributed by atoms with Gasteiger partial charge in [0.15, 0.2) is 0 Å². The van der Waals surface area contributed by atoms with Crippen LogP contribution in [0.15, 0.2) is 52.9 Å². The molecule has 3 aromatic rings. The molecule has 2 aromatic carbocycles. The molecule has 1 N–H and O–H groups in total. The molecule has 0 radical (unpaired) electrons. The van der Waals surface area contributed by atoms with Crippen molar-refractivity contribution < 1.29 is 18.8 Å². The molecular weight excluding hydrogens is 370 g/mol. The summed E-state index contributed by atoms with van der Waals surface area (Å²) in [5.74, 6) is -0.0127. The predicted octanol–water partition coefficient (Wildman–Crippen LogP) is 3.02. The first kappa shape index (κ1) is 18.6. The molecule has 1 aliphatic heterocycles. The van der Waals surface area contributed by atoms with Crippen molar-refractivity contribution in [1.82, 2.24) is 15.2 Å². The Balaban J connectivity index is 1.50. The highest BCUT2D eigenvalue weighted by Crippen LogP contribution is 2.25. The molecule has 0 aliphatic carbocycles. The predicted molar refractivity (Wildman–Crippen MR) is 104 cm³/mol. The van der Waals surface area contributed by atoms with Gasteiger partial charge in [-0.2, -0.15) is 0 Å². The largest absolute Gasteiger partial charge is 0.444 e. The van der Waals surface area contributed by atoms with E-state index >= 15 is 0 Å². The van der Waals surface area contributed by atoms with Crippen molar-refractivity contribution in [3.8, 4) is 0 Å². The van der Waals surface area contributed by atoms with Gasteiger partial charge in [-0.1, -0.05) is 30.3 Å². The Morgan fingerprint density at radius 2 is 1.76 bits per heavy atom. The lowest BCUT2D eigenvalue weighted by Crippen LogP contribution is -2.29. The van der Waals surface area contributed by atoms with Crippen LogP contribution in [-0.4, -0.2) is 27.6 Å². The number of fused-ring (bicyclic) bond motifs is 1. The third-order valence-electron chi connectivity index (χ3n) is 4.89. The number of carbonyl (C=O) groups excluding carboxylic acids is 3. The Labute approximate surface area is 167 Å². The van der Waals surface area contributed by atoms with Crippen LogP contribution in [0, 0.1) is 13.8 Å². The number of carbonyl (C=O) groups is 3. The number of rotatable bonds is 5. The van der Waals surface area contributed by atoms with Gasteiger partial charge in [-0.15, -0.1) is 0 Å². The van der Waals surface area contributed by atoms with Gasteiger partial charge in [0.25, 0.3) is 17.7 Å². The van der Waals surface area contributed by atoms with Gasteiger partial charge in [0.2, 0.25) is 5.89 Å². The zero-order valence-corrected chi connectivity index (χ0v) is 16.1. The standard InChI is InChI=1S/C22H19N3O4/c1-13-14(2)29-19(24-13)11-23-20(26)16-8-9-17-18(10-16)22(28)25(21(17)27)12-15-6-4-3-5-7-15/h3-10H,11-12H2,1-2H3,(H,23,26). The van der Waals surface area contributed by atoms with Gasteiger partial charge in [-0.05, 0) is 37.6 Å². The molecule has 2 heterocycles. The zero-order chi connectivity index (χ0) is 20.5. The van der Waals surface area contributed by atoms with E-state index in [-0.39, 0.29) is 30.5 Å². The average molecular weight is 389 g/mol. The molecule has 0 unspecified atom stereocenters. The summed E-state index contributed by atoms with van der Waals surface area (Å²) < 4.78 is 5.45. The normalized spacial score (nSPS) is 13.0. The van der Waals surface area contributed by atoms with Crippen molar-refractivity contribution in [2.45, 2.75) is 26.9 Å². The van der Waals surface area contributed by atoms with Gasteiger partial charge in [-0.3, -0.25) is 19.3 Å². The number of nitrogens with one attached hydrogen (secondary N) is 1. The highest BCUT2D eigenvalue weighted by molar-refractivity contribution is 6.22. The molecule has 0 saturated carbocycles. The zero-order valence-electron chi connectivity index (χ0n) is 16.1. The third kappa shape index (κ3) is 3.54. The number of nitrogens with zero attached hydrogens (tertiary/aromatic N) is 2. The maximum atomic E-state index is 12.8. The minimum atomic E-state index is -0.401. The molecule has 0 spiro atoms. The second-order valence-corrected chi connectivity index (χ2v) is 6.87. The van der Waals surface area contributed by atoms with Crippen LogP contribution < -0.4 is 5.32 Å². The van der Waals surface area contributed by atoms with Crippen LogP contribution in [0.2, 0.25) is 0 Å². The highest BCUT2D eigenvalue weighted by Gasteiger charge is 2.36. The molecular formula is C22H19N3O4. The Kier molecular flexibility index (Phi) is 4.72. The Morgan fingerprint density at radius 3 is 2.45 bits per heavy atom. The number of amides is 3. The van der Waals surface area contributed by atoms with E-state index in [9.17, 15) is 14.4 Å². The average Bonchev–Trinajstić information content (AvgIpc) is 3.17. The molecule has 7 nitrogen and oxygen atoms in total. The number of hydrogen-bond donors (Lipinski definition) is 1. The van der Waals surface area contributed by atoms with Gasteiger partial charge in [0.05, 0.1) is 29.9 Å². The van der Waals surface area contributed by atoms with E-state index in [1.54, 1.807) is 6.92 Å². The van der Waals surface area contributed by atoms with E-state index in [4.69, 9.17) is 4.42 Å². The molecule has 146 valence electrons. The molecule has 29 heavy (non-hydrogen) atoms. The SMILES string of the molecule is Cc1nc(CNC(=O)c2ccc3c(c2)C(=O)N(Cc2ccccc2)C3=O)oc1C. The smallest absolute Gasteiger partial charge is 0.261 e. The Hall–Kier alpha value is -3.74. The van der Waals surface area contributed by atoms with Gasteiger partial charge in [0, 0.05) is 5.56 Å². The second-order valence-electron chi connectivity index (χ2n) is 6.87. The second kappa shape index (κ2) is 7.35. The van der Waals surface area contributed by atoms with Crippen molar-refractivity contribution in [3.05, 3.63) is 88.1 Å². The summed E-state index contributed by atoms with van der Waals surface area (Å²) >= 11 is 0. The minimum absolute atomic E-state index is 0.137. The maximum Gasteiger partial charge on any atom is 0.261 e. The lowest BCUT2D eigenvalue weighted by atomic mass is 10.1. The van der Waals surface area contributed by atoms with Crippen molar-refractivity contribution >= 4 is 17.7 Å². The number of aryl methyl sites for hydroxylation is 2. The van der Waals surface area contributed by atoms with Crippen LogP contribution in [0.4, 0.5) is 0 Å². The van der Waals surface area contributed by atoms with E-state index in [1.165, 1.54) is 23.1 Å². The molecule has 0 bridgehead atoms. The quantitative estimate of drug-likeness (QED) is 0.677. The van der Waals surface area contributed by atoms with E-state index in [2.05, 4.69) is 10.3 Å². The minimum Gasteiger partial charge on any atom is -0.444 e. The number of hydrogen-bond acceptors (Lipinski definition) is 5. The highest BCUT2D eigenvalue weighted by atomic mass is 16.4. The van der Waals surface area contributed by atoms with Crippen molar-refractivity contribution in [2.24, 2.45) is 0 Å². The fraction of sp³-hybridized carbons (Fsp3) is 0.182. The molecule has 3 amide bonds. The Bertz CT molecular complexity index is 1100. The number of imide groups is 1. The number of oxazole rings is 1. The molecule has 7 heteroatoms. The fourth-order valence-electron chi connectivity index (χ4n) is 3.21. The van der Waals surface area contributed by atoms with Crippen molar-refractivity contribution in [3.63, 3.8) is 0 Å². The van der Waals surface area contributed by atoms with Crippen LogP contribution in [0.25, 0.3) is 0 Å². The number of aromatic nitrogens is 1. The van der Waals surface area contributed by atoms with E-state index in [0.29, 0.717) is 22.8 Å². The third-order valence-corrected chi connectivity index (χ3v) is 4.89. The van der Waals surface area contributed by atoms with Gasteiger partial charge in [0.1, 0.15) is 5.76 Å². The lowest BCUT2D eigenvalue weighted by molar-refractivity contribution is 0.0642. The fourth-order valence-corrected chi connectivity index (χ4v) is 3.21. The number of benzene rings is 2. The first-order chi connectivity index (χ1) is 13.9. The summed E-state index contributed by atoms with van der Waals surface area (Å²) in [7, 11) is 0. The summed E-state index contributed by atoms with van der Waals surface area (Å²) in [6.07, 6.45) is 0. The van der Waals surface area contributed by atoms with Crippen molar-refractivity contribution in [2.75, 3.05) is 0 Å². The molecule has 4 rings (SSSR count). The molecule has 1 aliphatic rings. The summed E-state index contributed by atoms with van der Waals surface area (Å²) in [6.45, 7) is 3.96. The van der Waals surface area contributed by atoms with Crippen LogP contribution >= 0.6 is 0 Å². The van der Waals surface area contributed by atoms with Gasteiger partial charge >= 0.3 is 0 Å². The summed E-state index contributed by atoms with van der Waals surface area (Å²) in [5.41, 5.74) is 2.47. The molecule has 0 saturated heterocycles. The molecule has 0 fully saturated rings. The van der Waals surface area contributed by atoms with E-state index in [1.807, 2.05) is 37.3 Å². The summed E-state index contributed by atoms with van der Waals surface area (Å²) in [6, 6.07) is 13.8. The summed E-state index contributed by atoms with van der Waals surface area (Å²) in [4.78, 5) is 43.3. The van der Waals surface area contributed by atoms with Crippen LogP contribution in [0.1, 0.15) is 54.0 Å². The molecule has 0 atom stereocenters. The maximum absolute atomic E-state index is 12.8. The monoisotopic (exact) mass is 389 g/mol. The van der Waals surface area contributed by atoms with Crippen molar-refractivity contribution in [1.29, 1.82) is 0 Å². The van der Waals surface area contributed by atoms with Gasteiger partial charge in [-0.25, -0.2) is 4.98 Å². The van der Waals surface area contributed by atoms with Crippen LogP contribution in [0.5, 0.6) is 0 Å². The molecule has 1 aromatic heterocycles. The first-order valence-corrected chi connectivity index (χ1v) is 9.19. The topological polar surface area (TPSA) is 92.5 Å². The first-order valence-electron chi connectivity index (χ1n) is 9.19. The van der Waals surface area contributed by atoms with E-state index < -0.39 is 5.91 Å². The lowest BCUT2D eigenvalue weighted by Gasteiger charge is -2.13. The van der Waals surface area contributed by atoms with E-state index in [0.717, 1.165) is 11.3 Å². The Morgan fingerprint density at radius 1 is 1.03 bits per heavy atom. The van der Waals surface area contributed by atoms with Crippen LogP contribution in [0.3, 0.4) is 0 Å². The summed E-state index contributed by atoms with van der Waals surface area (Å²) in [5, 5.41) is 2.72. The van der Waals surface area contributed by atoms with Gasteiger partial charge < -0.3 is 9.73 Å².